The van der Waals surface area contributed by atoms with E-state index in [-0.39, 0.29) is 0 Å². The van der Waals surface area contributed by atoms with Gasteiger partial charge in [-0.3, -0.25) is 0 Å². The molecule has 148 valence electrons. The molecule has 11 atom stereocenters. The van der Waals surface area contributed by atoms with Crippen molar-refractivity contribution in [2.75, 3.05) is 0 Å². The fourth-order valence-corrected chi connectivity index (χ4v) is 12.8. The van der Waals surface area contributed by atoms with E-state index in [0.717, 1.165) is 41.4 Å². The van der Waals surface area contributed by atoms with Gasteiger partial charge in [-0.1, -0.05) is 89.0 Å². The van der Waals surface area contributed by atoms with Crippen LogP contribution in [-0.4, -0.2) is 0 Å². The molecule has 0 aliphatic heterocycles. The zero-order valence-electron chi connectivity index (χ0n) is 19.5. The molecule has 5 fully saturated rings. The van der Waals surface area contributed by atoms with Crippen molar-refractivity contribution in [2.45, 2.75) is 89.0 Å². The lowest BCUT2D eigenvalue weighted by Crippen LogP contribution is -2.92. The third kappa shape index (κ3) is 1.07. The topological polar surface area (TPSA) is 0 Å². The van der Waals surface area contributed by atoms with E-state index in [9.17, 15) is 0 Å². The lowest BCUT2D eigenvalue weighted by atomic mass is 9.08. The highest BCUT2D eigenvalue weighted by atomic mass is 15.0. The summed E-state index contributed by atoms with van der Waals surface area (Å²) in [5, 5.41) is 0. The highest BCUT2D eigenvalue weighted by Crippen LogP contribution is 3.02. The lowest BCUT2D eigenvalue weighted by molar-refractivity contribution is -0.496. The van der Waals surface area contributed by atoms with Crippen molar-refractivity contribution in [1.82, 2.24) is 0 Å². The maximum absolute atomic E-state index is 2.77. The molecular weight excluding hydrogens is 312 g/mol. The van der Waals surface area contributed by atoms with Crippen molar-refractivity contribution in [3.63, 3.8) is 0 Å². The van der Waals surface area contributed by atoms with Crippen molar-refractivity contribution in [3.8, 4) is 0 Å². The number of hydrogen-bond acceptors (Lipinski definition) is 0. The van der Waals surface area contributed by atoms with E-state index < -0.39 is 0 Å². The minimum atomic E-state index is 0.498. The van der Waals surface area contributed by atoms with Gasteiger partial charge in [-0.25, -0.2) is 0 Å². The van der Waals surface area contributed by atoms with Gasteiger partial charge in [0.25, 0.3) is 0 Å². The molecule has 0 spiro atoms. The molecule has 0 aromatic heterocycles. The van der Waals surface area contributed by atoms with E-state index in [0.29, 0.717) is 32.5 Å². The Morgan fingerprint density at radius 1 is 0.500 bits per heavy atom. The molecule has 5 aliphatic carbocycles. The first-order chi connectivity index (χ1) is 11.8. The van der Waals surface area contributed by atoms with Crippen molar-refractivity contribution in [1.29, 1.82) is 0 Å². The summed E-state index contributed by atoms with van der Waals surface area (Å²) >= 11 is 0. The predicted molar refractivity (Wildman–Crippen MR) is 111 cm³/mol. The van der Waals surface area contributed by atoms with Crippen LogP contribution in [0.3, 0.4) is 0 Å². The number of fused-ring (bicyclic) bond motifs is 9. The SMILES string of the molecule is CCC1C2C(C)C3C4C5C(CC)C(C)(C)C5(C)C4(C)C3(C)C2(C)C1(C)C. The van der Waals surface area contributed by atoms with E-state index in [2.05, 4.69) is 76.2 Å². The Labute approximate surface area is 163 Å². The van der Waals surface area contributed by atoms with Crippen LogP contribution in [0.4, 0.5) is 0 Å². The van der Waals surface area contributed by atoms with E-state index in [1.165, 1.54) is 12.8 Å². The van der Waals surface area contributed by atoms with E-state index in [1.807, 2.05) is 0 Å². The Kier molecular flexibility index (Phi) is 2.87. The predicted octanol–water partition coefficient (Wildman–Crippen LogP) is 7.29. The summed E-state index contributed by atoms with van der Waals surface area (Å²) in [6, 6.07) is 0. The fraction of sp³-hybridized carbons (Fsp3) is 1.00. The van der Waals surface area contributed by atoms with Gasteiger partial charge in [-0.15, -0.1) is 0 Å². The molecule has 26 heavy (non-hydrogen) atoms. The zero-order chi connectivity index (χ0) is 19.5. The molecule has 0 N–H and O–H groups in total. The second-order valence-electron chi connectivity index (χ2n) is 13.2. The van der Waals surface area contributed by atoms with Crippen molar-refractivity contribution in [3.05, 3.63) is 0 Å². The van der Waals surface area contributed by atoms with Crippen LogP contribution in [0.2, 0.25) is 0 Å². The number of hydrogen-bond donors (Lipinski definition) is 0. The van der Waals surface area contributed by atoms with Gasteiger partial charge in [-0.05, 0) is 73.9 Å². The molecule has 5 saturated carbocycles. The smallest absolute Gasteiger partial charge is 0.0167 e. The van der Waals surface area contributed by atoms with E-state index in [4.69, 9.17) is 0 Å². The third-order valence-corrected chi connectivity index (χ3v) is 14.1. The van der Waals surface area contributed by atoms with Gasteiger partial charge in [0.1, 0.15) is 0 Å². The lowest BCUT2D eigenvalue weighted by Gasteiger charge is -2.96. The standard InChI is InChI=1S/C26H44/c1-12-15-17-14(3)18-20-19-16(13-2)22(6,7)24(19,9)26(20,11)25(18,10)23(17,8)21(15,4)5/h14-20H,12-13H2,1-11H3. The van der Waals surface area contributed by atoms with Crippen LogP contribution in [0, 0.1) is 73.9 Å². The maximum atomic E-state index is 2.77. The Hall–Kier alpha value is 0. The first-order valence-electron chi connectivity index (χ1n) is 11.8. The van der Waals surface area contributed by atoms with E-state index >= 15 is 0 Å². The van der Waals surface area contributed by atoms with Crippen molar-refractivity contribution < 1.29 is 0 Å². The second kappa shape index (κ2) is 4.14. The van der Waals surface area contributed by atoms with Gasteiger partial charge in [0.15, 0.2) is 0 Å². The zero-order valence-corrected chi connectivity index (χ0v) is 19.5. The Balaban J connectivity index is 1.67. The van der Waals surface area contributed by atoms with Crippen LogP contribution in [0.25, 0.3) is 0 Å². The van der Waals surface area contributed by atoms with Gasteiger partial charge in [0, 0.05) is 0 Å². The third-order valence-electron chi connectivity index (χ3n) is 14.1. The molecule has 0 bridgehead atoms. The largest absolute Gasteiger partial charge is 0.0651 e. The van der Waals surface area contributed by atoms with E-state index in [1.54, 1.807) is 0 Å². The van der Waals surface area contributed by atoms with Crippen LogP contribution < -0.4 is 0 Å². The summed E-state index contributed by atoms with van der Waals surface area (Å²) in [4.78, 5) is 0. The van der Waals surface area contributed by atoms with Crippen LogP contribution >= 0.6 is 0 Å². The quantitative estimate of drug-likeness (QED) is 0.487. The normalized spacial score (nSPS) is 68.2. The van der Waals surface area contributed by atoms with Gasteiger partial charge in [0.2, 0.25) is 0 Å². The maximum Gasteiger partial charge on any atom is -0.0167 e. The van der Waals surface area contributed by atoms with Crippen LogP contribution in [0.5, 0.6) is 0 Å². The average Bonchev–Trinajstić information content (AvgIpc) is 2.71. The van der Waals surface area contributed by atoms with Gasteiger partial charge in [0.05, 0.1) is 0 Å². The highest BCUT2D eigenvalue weighted by molar-refractivity contribution is 5.45. The monoisotopic (exact) mass is 356 g/mol. The van der Waals surface area contributed by atoms with Gasteiger partial charge >= 0.3 is 0 Å². The van der Waals surface area contributed by atoms with Crippen molar-refractivity contribution in [2.24, 2.45) is 73.9 Å². The molecule has 0 saturated heterocycles. The minimum Gasteiger partial charge on any atom is -0.0651 e. The van der Waals surface area contributed by atoms with Crippen LogP contribution in [0.15, 0.2) is 0 Å². The molecule has 0 amide bonds. The van der Waals surface area contributed by atoms with Crippen LogP contribution in [0.1, 0.15) is 89.0 Å². The molecule has 0 nitrogen and oxygen atoms in total. The molecule has 0 aromatic carbocycles. The Bertz CT molecular complexity index is 686. The van der Waals surface area contributed by atoms with Gasteiger partial charge in [-0.2, -0.15) is 0 Å². The summed E-state index contributed by atoms with van der Waals surface area (Å²) in [5.41, 5.74) is 3.18. The summed E-state index contributed by atoms with van der Waals surface area (Å²) in [5.74, 6) is 6.81. The molecule has 0 heteroatoms. The average molecular weight is 357 g/mol. The Morgan fingerprint density at radius 2 is 0.885 bits per heavy atom. The highest BCUT2D eigenvalue weighted by Gasteiger charge is 2.98. The molecule has 11 unspecified atom stereocenters. The summed E-state index contributed by atoms with van der Waals surface area (Å²) in [6.45, 7) is 29.1. The number of rotatable bonds is 2. The molecule has 0 heterocycles. The fourth-order valence-electron chi connectivity index (χ4n) is 12.8. The molecule has 0 aromatic rings. The molecule has 0 radical (unpaired) electrons. The molecule has 5 rings (SSSR count). The van der Waals surface area contributed by atoms with Crippen LogP contribution in [-0.2, 0) is 0 Å². The summed E-state index contributed by atoms with van der Waals surface area (Å²) in [7, 11) is 0. The van der Waals surface area contributed by atoms with Gasteiger partial charge < -0.3 is 0 Å². The first-order valence-corrected chi connectivity index (χ1v) is 11.8. The first kappa shape index (κ1) is 18.1. The minimum absolute atomic E-state index is 0.498. The molecular formula is C26H44. The van der Waals surface area contributed by atoms with Crippen molar-refractivity contribution >= 4 is 0 Å². The molecule has 5 aliphatic rings. The Morgan fingerprint density at radius 3 is 1.35 bits per heavy atom. The second-order valence-corrected chi connectivity index (χ2v) is 13.2. The summed E-state index contributed by atoms with van der Waals surface area (Å²) in [6.07, 6.45) is 2.77. The summed E-state index contributed by atoms with van der Waals surface area (Å²) < 4.78 is 0.